The molecule has 0 unspecified atom stereocenters. The van der Waals surface area contributed by atoms with Gasteiger partial charge < -0.3 is 13.6 Å². The number of hydrogen-bond acceptors (Lipinski definition) is 3. The maximum absolute atomic E-state index is 4.98. The molecule has 0 aromatic rings. The molecule has 1 fully saturated rings. The summed E-state index contributed by atoms with van der Waals surface area (Å²) in [6.07, 6.45) is 0.961. The van der Waals surface area contributed by atoms with Crippen LogP contribution in [0.2, 0.25) is 0 Å². The molecule has 0 N–H and O–H groups in total. The Bertz CT molecular complexity index is 66.8. The third kappa shape index (κ3) is 3.64. The Morgan fingerprint density at radius 3 is 2.22 bits per heavy atom. The van der Waals surface area contributed by atoms with Crippen LogP contribution in [0.15, 0.2) is 0 Å². The molecule has 9 heavy (non-hydrogen) atoms. The van der Waals surface area contributed by atoms with Gasteiger partial charge in [-0.1, -0.05) is 0 Å². The number of hydrogen-bond donors (Lipinski definition) is 0. The van der Waals surface area contributed by atoms with Crippen molar-refractivity contribution < 1.29 is 34.6 Å². The first kappa shape index (κ1) is 10.00. The Labute approximate surface area is 70.3 Å². The van der Waals surface area contributed by atoms with Crippen molar-refractivity contribution in [2.75, 3.05) is 13.2 Å². The molecule has 0 aromatic carbocycles. The van der Waals surface area contributed by atoms with Crippen LogP contribution in [0.3, 0.4) is 0 Å². The van der Waals surface area contributed by atoms with Crippen LogP contribution in [0, 0.1) is 7.11 Å². The van der Waals surface area contributed by atoms with Crippen LogP contribution >= 0.6 is 8.60 Å². The van der Waals surface area contributed by atoms with Gasteiger partial charge in [-0.2, -0.15) is 0 Å². The van der Waals surface area contributed by atoms with E-state index in [0.29, 0.717) is 0 Å². The van der Waals surface area contributed by atoms with E-state index in [1.54, 1.807) is 0 Å². The van der Waals surface area contributed by atoms with Crippen molar-refractivity contribution in [3.8, 4) is 0 Å². The van der Waals surface area contributed by atoms with E-state index in [1.165, 1.54) is 0 Å². The predicted octanol–water partition coefficient (Wildman–Crippen LogP) is 1.46. The van der Waals surface area contributed by atoms with Gasteiger partial charge in [-0.05, 0) is 6.42 Å². The van der Waals surface area contributed by atoms with Gasteiger partial charge in [0.25, 0.3) is 8.60 Å². The van der Waals surface area contributed by atoms with Gasteiger partial charge >= 0.3 is 0 Å². The fourth-order valence-corrected chi connectivity index (χ4v) is 1.23. The third-order valence-corrected chi connectivity index (χ3v) is 1.79. The third-order valence-electron chi connectivity index (χ3n) is 0.787. The molecule has 3 nitrogen and oxygen atoms in total. The second-order valence-corrected chi connectivity index (χ2v) is 2.59. The van der Waals surface area contributed by atoms with Crippen LogP contribution in [-0.2, 0) is 34.6 Å². The SMILES string of the molecule is [CH2-]OP1OCCCO1.[W]. The molecule has 0 saturated carbocycles. The van der Waals surface area contributed by atoms with E-state index in [4.69, 9.17) is 9.05 Å². The minimum Gasteiger partial charge on any atom is -0.493 e. The van der Waals surface area contributed by atoms with Gasteiger partial charge in [0.05, 0.1) is 13.2 Å². The molecular formula is C4H8O3PW-. The normalized spacial score (nSPS) is 21.0. The van der Waals surface area contributed by atoms with Crippen molar-refractivity contribution in [1.29, 1.82) is 0 Å². The van der Waals surface area contributed by atoms with Crippen LogP contribution in [-0.4, -0.2) is 13.2 Å². The van der Waals surface area contributed by atoms with Gasteiger partial charge in [-0.3, -0.25) is 0 Å². The van der Waals surface area contributed by atoms with E-state index in [-0.39, 0.29) is 21.1 Å². The van der Waals surface area contributed by atoms with Gasteiger partial charge in [-0.25, -0.2) is 7.11 Å². The maximum Gasteiger partial charge on any atom is 0.299 e. The molecule has 1 aliphatic heterocycles. The monoisotopic (exact) mass is 319 g/mol. The Morgan fingerprint density at radius 1 is 1.33 bits per heavy atom. The second-order valence-electron chi connectivity index (χ2n) is 1.37. The minimum atomic E-state index is -1.08. The molecule has 0 bridgehead atoms. The van der Waals surface area contributed by atoms with Crippen molar-refractivity contribution >= 4 is 8.60 Å². The summed E-state index contributed by atoms with van der Waals surface area (Å²) in [5.41, 5.74) is 0. The molecule has 0 aromatic heterocycles. The van der Waals surface area contributed by atoms with Crippen LogP contribution < -0.4 is 0 Å². The predicted molar refractivity (Wildman–Crippen MR) is 29.9 cm³/mol. The van der Waals surface area contributed by atoms with Crippen molar-refractivity contribution in [2.24, 2.45) is 0 Å². The first-order valence-electron chi connectivity index (χ1n) is 2.41. The Kier molecular flexibility index (Phi) is 6.40. The Morgan fingerprint density at radius 2 is 1.89 bits per heavy atom. The summed E-state index contributed by atoms with van der Waals surface area (Å²) >= 11 is 0. The molecule has 1 rings (SSSR count). The van der Waals surface area contributed by atoms with Crippen molar-refractivity contribution in [2.45, 2.75) is 6.42 Å². The van der Waals surface area contributed by atoms with E-state index < -0.39 is 8.60 Å². The quantitative estimate of drug-likeness (QED) is 0.541. The smallest absolute Gasteiger partial charge is 0.299 e. The zero-order chi connectivity index (χ0) is 5.82. The largest absolute Gasteiger partial charge is 0.493 e. The fourth-order valence-electron chi connectivity index (χ4n) is 0.449. The molecule has 1 saturated heterocycles. The molecule has 0 atom stereocenters. The maximum atomic E-state index is 4.98. The summed E-state index contributed by atoms with van der Waals surface area (Å²) in [7, 11) is 2.11. The molecule has 0 radical (unpaired) electrons. The summed E-state index contributed by atoms with van der Waals surface area (Å²) in [6.45, 7) is 1.47. The Hall–Kier alpha value is 0.998. The van der Waals surface area contributed by atoms with Gasteiger partial charge in [0.15, 0.2) is 0 Å². The summed E-state index contributed by atoms with van der Waals surface area (Å²) in [5, 5.41) is 0. The summed E-state index contributed by atoms with van der Waals surface area (Å²) < 4.78 is 14.5. The zero-order valence-electron chi connectivity index (χ0n) is 4.91. The van der Waals surface area contributed by atoms with Crippen molar-refractivity contribution in [1.82, 2.24) is 0 Å². The average molecular weight is 319 g/mol. The first-order valence-corrected chi connectivity index (χ1v) is 3.51. The topological polar surface area (TPSA) is 27.7 Å². The van der Waals surface area contributed by atoms with Crippen LogP contribution in [0.5, 0.6) is 0 Å². The van der Waals surface area contributed by atoms with Crippen molar-refractivity contribution in [3.05, 3.63) is 7.11 Å². The van der Waals surface area contributed by atoms with E-state index in [9.17, 15) is 0 Å². The van der Waals surface area contributed by atoms with Crippen LogP contribution in [0.25, 0.3) is 0 Å². The summed E-state index contributed by atoms with van der Waals surface area (Å²) in [5.74, 6) is 0. The fraction of sp³-hybridized carbons (Fsp3) is 0.750. The summed E-state index contributed by atoms with van der Waals surface area (Å²) in [4.78, 5) is 0. The molecule has 0 amide bonds. The standard InChI is InChI=1S/C4H8O3P.W/c1-5-8-6-3-2-4-7-8;/h1-4H2;/q-1;. The zero-order valence-corrected chi connectivity index (χ0v) is 8.74. The van der Waals surface area contributed by atoms with Gasteiger partial charge in [-0.15, -0.1) is 0 Å². The van der Waals surface area contributed by atoms with E-state index in [0.717, 1.165) is 19.6 Å². The minimum absolute atomic E-state index is 0. The molecule has 5 heteroatoms. The van der Waals surface area contributed by atoms with Crippen LogP contribution in [0.4, 0.5) is 0 Å². The average Bonchev–Trinajstić information content (AvgIpc) is 1.90. The van der Waals surface area contributed by atoms with E-state index in [2.05, 4.69) is 11.6 Å². The van der Waals surface area contributed by atoms with Crippen LogP contribution in [0.1, 0.15) is 6.42 Å². The Balaban J connectivity index is 0.000000640. The van der Waals surface area contributed by atoms with Gasteiger partial charge in [0.1, 0.15) is 0 Å². The molecule has 0 aliphatic carbocycles. The molecule has 1 aliphatic rings. The van der Waals surface area contributed by atoms with Gasteiger partial charge in [0, 0.05) is 21.1 Å². The molecule has 0 spiro atoms. The molecule has 1 heterocycles. The molecule has 54 valence electrons. The van der Waals surface area contributed by atoms with Crippen molar-refractivity contribution in [3.63, 3.8) is 0 Å². The van der Waals surface area contributed by atoms with E-state index in [1.807, 2.05) is 0 Å². The van der Waals surface area contributed by atoms with E-state index >= 15 is 0 Å². The first-order chi connectivity index (χ1) is 3.93. The molecular weight excluding hydrogens is 311 g/mol. The second kappa shape index (κ2) is 5.76. The summed E-state index contributed by atoms with van der Waals surface area (Å²) in [6, 6.07) is 0. The number of rotatable bonds is 1. The van der Waals surface area contributed by atoms with Gasteiger partial charge in [0.2, 0.25) is 0 Å².